The topological polar surface area (TPSA) is 76.7 Å². The smallest absolute Gasteiger partial charge is 0.253 e. The van der Waals surface area contributed by atoms with Gasteiger partial charge < -0.3 is 20.1 Å². The van der Waals surface area contributed by atoms with Crippen molar-refractivity contribution in [2.45, 2.75) is 18.9 Å². The Labute approximate surface area is 170 Å². The van der Waals surface area contributed by atoms with Crippen molar-refractivity contribution >= 4 is 23.6 Å². The molecule has 6 heteroatoms. The van der Waals surface area contributed by atoms with Crippen molar-refractivity contribution in [3.8, 4) is 11.5 Å². The van der Waals surface area contributed by atoms with Gasteiger partial charge >= 0.3 is 0 Å². The molecule has 2 aromatic carbocycles. The minimum Gasteiger partial charge on any atom is -0.493 e. The highest BCUT2D eigenvalue weighted by molar-refractivity contribution is 6.07. The van der Waals surface area contributed by atoms with Crippen LogP contribution in [0.2, 0.25) is 0 Å². The minimum atomic E-state index is -0.331. The normalized spacial score (nSPS) is 13.0. The second-order valence-electron chi connectivity index (χ2n) is 6.63. The fourth-order valence-electron chi connectivity index (χ4n) is 2.68. The van der Waals surface area contributed by atoms with Gasteiger partial charge in [-0.05, 0) is 48.7 Å². The zero-order chi connectivity index (χ0) is 20.6. The molecule has 0 aromatic heterocycles. The Kier molecular flexibility index (Phi) is 6.68. The van der Waals surface area contributed by atoms with Gasteiger partial charge in [0.25, 0.3) is 5.91 Å². The highest BCUT2D eigenvalue weighted by Gasteiger charge is 2.24. The van der Waals surface area contributed by atoms with E-state index in [0.29, 0.717) is 29.4 Å². The van der Waals surface area contributed by atoms with Crippen molar-refractivity contribution < 1.29 is 19.1 Å². The van der Waals surface area contributed by atoms with Crippen LogP contribution in [0, 0.1) is 0 Å². The van der Waals surface area contributed by atoms with Crippen molar-refractivity contribution in [1.29, 1.82) is 0 Å². The van der Waals surface area contributed by atoms with Crippen molar-refractivity contribution in [2.75, 3.05) is 19.0 Å². The zero-order valence-corrected chi connectivity index (χ0v) is 16.3. The molecule has 150 valence electrons. The Hall–Kier alpha value is -3.54. The molecule has 0 spiro atoms. The average molecular weight is 392 g/mol. The summed E-state index contributed by atoms with van der Waals surface area (Å²) in [5, 5.41) is 5.70. The number of hydrogen-bond donors (Lipinski definition) is 2. The fraction of sp³-hybridized carbons (Fsp3) is 0.217. The van der Waals surface area contributed by atoms with Gasteiger partial charge in [0.1, 0.15) is 6.61 Å². The predicted molar refractivity (Wildman–Crippen MR) is 113 cm³/mol. The third-order valence-electron chi connectivity index (χ3n) is 4.31. The van der Waals surface area contributed by atoms with Crippen LogP contribution >= 0.6 is 0 Å². The highest BCUT2D eigenvalue weighted by Crippen LogP contribution is 2.28. The van der Waals surface area contributed by atoms with E-state index >= 15 is 0 Å². The van der Waals surface area contributed by atoms with Crippen LogP contribution in [0.25, 0.3) is 6.08 Å². The van der Waals surface area contributed by atoms with Crippen molar-refractivity contribution in [3.05, 3.63) is 72.3 Å². The van der Waals surface area contributed by atoms with Crippen LogP contribution in [-0.2, 0) is 4.79 Å². The van der Waals surface area contributed by atoms with E-state index in [4.69, 9.17) is 9.47 Å². The third-order valence-corrected chi connectivity index (χ3v) is 4.31. The second-order valence-corrected chi connectivity index (χ2v) is 6.63. The summed E-state index contributed by atoms with van der Waals surface area (Å²) in [4.78, 5) is 24.7. The molecule has 1 saturated carbocycles. The fourth-order valence-corrected chi connectivity index (χ4v) is 2.68. The number of nitrogens with one attached hydrogen (secondary N) is 2. The lowest BCUT2D eigenvalue weighted by Gasteiger charge is -2.10. The number of anilines is 1. The molecule has 0 heterocycles. The lowest BCUT2D eigenvalue weighted by atomic mass is 10.1. The van der Waals surface area contributed by atoms with Gasteiger partial charge in [0, 0.05) is 12.1 Å². The number of hydrogen-bond acceptors (Lipinski definition) is 4. The van der Waals surface area contributed by atoms with E-state index in [9.17, 15) is 9.59 Å². The molecular formula is C23H24N2O4. The van der Waals surface area contributed by atoms with Gasteiger partial charge in [-0.25, -0.2) is 0 Å². The number of carbonyl (C=O) groups excluding carboxylic acids is 2. The lowest BCUT2D eigenvalue weighted by Crippen LogP contribution is -2.26. The van der Waals surface area contributed by atoms with Crippen LogP contribution in [0.5, 0.6) is 11.5 Å². The Balaban J connectivity index is 1.67. The summed E-state index contributed by atoms with van der Waals surface area (Å²) in [5.74, 6) is 0.663. The molecule has 2 amide bonds. The Morgan fingerprint density at radius 2 is 1.97 bits per heavy atom. The maximum Gasteiger partial charge on any atom is 0.253 e. The number of para-hydroxylation sites is 1. The van der Waals surface area contributed by atoms with E-state index in [-0.39, 0.29) is 17.9 Å². The summed E-state index contributed by atoms with van der Waals surface area (Å²) >= 11 is 0. The van der Waals surface area contributed by atoms with Crippen LogP contribution in [0.15, 0.2) is 61.2 Å². The van der Waals surface area contributed by atoms with Crippen molar-refractivity contribution in [1.82, 2.24) is 5.32 Å². The first kappa shape index (κ1) is 20.2. The van der Waals surface area contributed by atoms with E-state index in [1.54, 1.807) is 55.7 Å². The number of carbonyl (C=O) groups is 2. The van der Waals surface area contributed by atoms with Crippen LogP contribution in [0.4, 0.5) is 5.69 Å². The lowest BCUT2D eigenvalue weighted by molar-refractivity contribution is -0.111. The largest absolute Gasteiger partial charge is 0.493 e. The zero-order valence-electron chi connectivity index (χ0n) is 16.3. The summed E-state index contributed by atoms with van der Waals surface area (Å²) in [6, 6.07) is 12.6. The molecule has 0 radical (unpaired) electrons. The molecule has 0 saturated heterocycles. The molecular weight excluding hydrogens is 368 g/mol. The molecule has 0 unspecified atom stereocenters. The van der Waals surface area contributed by atoms with Crippen LogP contribution in [0.1, 0.15) is 28.8 Å². The molecule has 0 bridgehead atoms. The Morgan fingerprint density at radius 1 is 1.17 bits per heavy atom. The predicted octanol–water partition coefficient (Wildman–Crippen LogP) is 3.80. The Bertz CT molecular complexity index is 932. The molecule has 1 fully saturated rings. The van der Waals surface area contributed by atoms with E-state index in [2.05, 4.69) is 17.2 Å². The number of benzene rings is 2. The summed E-state index contributed by atoms with van der Waals surface area (Å²) in [6.07, 6.45) is 6.74. The van der Waals surface area contributed by atoms with Gasteiger partial charge in [-0.1, -0.05) is 30.9 Å². The highest BCUT2D eigenvalue weighted by atomic mass is 16.5. The van der Waals surface area contributed by atoms with Gasteiger partial charge in [0.15, 0.2) is 11.5 Å². The monoisotopic (exact) mass is 392 g/mol. The van der Waals surface area contributed by atoms with Crippen LogP contribution in [0.3, 0.4) is 0 Å². The summed E-state index contributed by atoms with van der Waals surface area (Å²) in [6.45, 7) is 4.00. The maximum absolute atomic E-state index is 12.4. The Morgan fingerprint density at radius 3 is 2.69 bits per heavy atom. The first-order valence-electron chi connectivity index (χ1n) is 9.41. The van der Waals surface area contributed by atoms with Crippen LogP contribution < -0.4 is 20.1 Å². The van der Waals surface area contributed by atoms with Gasteiger partial charge in [0.05, 0.1) is 18.4 Å². The summed E-state index contributed by atoms with van der Waals surface area (Å²) in [5.41, 5.74) is 1.71. The molecule has 1 aliphatic carbocycles. The summed E-state index contributed by atoms with van der Waals surface area (Å²) < 4.78 is 10.8. The molecule has 1 aliphatic rings. The van der Waals surface area contributed by atoms with E-state index in [1.807, 2.05) is 6.07 Å². The molecule has 3 rings (SSSR count). The molecule has 2 aromatic rings. The molecule has 0 aliphatic heterocycles. The van der Waals surface area contributed by atoms with Crippen molar-refractivity contribution in [3.63, 3.8) is 0 Å². The number of methoxy groups -OCH3 is 1. The summed E-state index contributed by atoms with van der Waals surface area (Å²) in [7, 11) is 1.56. The average Bonchev–Trinajstić information content (AvgIpc) is 3.55. The second kappa shape index (κ2) is 9.59. The van der Waals surface area contributed by atoms with E-state index in [0.717, 1.165) is 18.4 Å². The minimum absolute atomic E-state index is 0.174. The van der Waals surface area contributed by atoms with E-state index in [1.165, 1.54) is 6.08 Å². The first-order valence-corrected chi connectivity index (χ1v) is 9.41. The van der Waals surface area contributed by atoms with Gasteiger partial charge in [0.2, 0.25) is 5.91 Å². The molecule has 6 nitrogen and oxygen atoms in total. The maximum atomic E-state index is 12.4. The molecule has 0 atom stereocenters. The van der Waals surface area contributed by atoms with Crippen LogP contribution in [-0.4, -0.2) is 31.6 Å². The van der Waals surface area contributed by atoms with E-state index < -0.39 is 0 Å². The standard InChI is InChI=1S/C23H24N2O4/c1-3-14-29-20-12-8-16(15-21(20)28-2)9-13-22(26)25-19-7-5-4-6-18(19)23(27)24-17-10-11-17/h3-9,12-13,15,17H,1,10-11,14H2,2H3,(H,24,27)(H,25,26)/b13-9+. The van der Waals surface area contributed by atoms with Crippen molar-refractivity contribution in [2.24, 2.45) is 0 Å². The number of rotatable bonds is 9. The molecule has 29 heavy (non-hydrogen) atoms. The third kappa shape index (κ3) is 5.72. The number of ether oxygens (including phenoxy) is 2. The first-order chi connectivity index (χ1) is 14.1. The SMILES string of the molecule is C=CCOc1ccc(/C=C/C(=O)Nc2ccccc2C(=O)NC2CC2)cc1OC. The van der Waals surface area contributed by atoms with Gasteiger partial charge in [-0.3, -0.25) is 9.59 Å². The van der Waals surface area contributed by atoms with Gasteiger partial charge in [-0.15, -0.1) is 0 Å². The molecule has 2 N–H and O–H groups in total. The number of amides is 2. The van der Waals surface area contributed by atoms with Gasteiger partial charge in [-0.2, -0.15) is 0 Å². The quantitative estimate of drug-likeness (QED) is 0.503.